The zero-order valence-electron chi connectivity index (χ0n) is 8.90. The van der Waals surface area contributed by atoms with E-state index in [0.29, 0.717) is 0 Å². The van der Waals surface area contributed by atoms with E-state index >= 15 is 0 Å². The number of nitrogens with two attached hydrogens (primary N) is 1. The van der Waals surface area contributed by atoms with Gasteiger partial charge in [0, 0.05) is 26.0 Å². The molecular weight excluding hydrogens is 338 g/mol. The van der Waals surface area contributed by atoms with Crippen molar-refractivity contribution in [2.75, 3.05) is 5.75 Å². The summed E-state index contributed by atoms with van der Waals surface area (Å²) in [6.45, 7) is 0. The Morgan fingerprint density at radius 2 is 2.12 bits per heavy atom. The fourth-order valence-electron chi connectivity index (χ4n) is 1.39. The standard InChI is InChI=1S/C12H11BrClNS2/c13-8-3-1-2-4-11(8)17-7-10(15)12-9(14)5-6-16-12/h1-6,10H,7,15H2. The van der Waals surface area contributed by atoms with Crippen LogP contribution in [0.5, 0.6) is 0 Å². The van der Waals surface area contributed by atoms with Crippen LogP contribution in [-0.4, -0.2) is 5.75 Å². The second kappa shape index (κ2) is 6.25. The molecule has 2 N–H and O–H groups in total. The van der Waals surface area contributed by atoms with Gasteiger partial charge in [-0.1, -0.05) is 23.7 Å². The average Bonchev–Trinajstić information content (AvgIpc) is 2.74. The van der Waals surface area contributed by atoms with Crippen molar-refractivity contribution in [3.8, 4) is 0 Å². The van der Waals surface area contributed by atoms with Crippen molar-refractivity contribution in [1.82, 2.24) is 0 Å². The van der Waals surface area contributed by atoms with E-state index in [1.165, 1.54) is 4.90 Å². The van der Waals surface area contributed by atoms with Gasteiger partial charge in [-0.3, -0.25) is 0 Å². The van der Waals surface area contributed by atoms with Gasteiger partial charge in [0.25, 0.3) is 0 Å². The maximum absolute atomic E-state index is 6.13. The van der Waals surface area contributed by atoms with E-state index in [0.717, 1.165) is 20.1 Å². The summed E-state index contributed by atoms with van der Waals surface area (Å²) < 4.78 is 1.11. The van der Waals surface area contributed by atoms with Crippen LogP contribution in [0.2, 0.25) is 5.02 Å². The second-order valence-corrected chi connectivity index (χ2v) is 6.75. The molecule has 0 bridgehead atoms. The summed E-state index contributed by atoms with van der Waals surface area (Å²) in [5.74, 6) is 0.822. The van der Waals surface area contributed by atoms with Crippen molar-refractivity contribution in [1.29, 1.82) is 0 Å². The second-order valence-electron chi connectivity index (χ2n) is 3.48. The lowest BCUT2D eigenvalue weighted by Gasteiger charge is -2.10. The van der Waals surface area contributed by atoms with Crippen molar-refractivity contribution in [2.24, 2.45) is 5.73 Å². The number of thiophene rings is 1. The number of rotatable bonds is 4. The van der Waals surface area contributed by atoms with Gasteiger partial charge in [0.2, 0.25) is 0 Å². The first-order chi connectivity index (χ1) is 8.18. The van der Waals surface area contributed by atoms with Gasteiger partial charge in [-0.2, -0.15) is 0 Å². The molecule has 1 atom stereocenters. The summed E-state index contributed by atoms with van der Waals surface area (Å²) in [6.07, 6.45) is 0. The van der Waals surface area contributed by atoms with Crippen LogP contribution < -0.4 is 5.73 Å². The van der Waals surface area contributed by atoms with Gasteiger partial charge in [0.05, 0.1) is 5.02 Å². The predicted octanol–water partition coefficient (Wildman–Crippen LogP) is 4.96. The van der Waals surface area contributed by atoms with E-state index in [-0.39, 0.29) is 6.04 Å². The molecule has 2 aromatic rings. The lowest BCUT2D eigenvalue weighted by atomic mass is 10.3. The Bertz CT molecular complexity index is 501. The highest BCUT2D eigenvalue weighted by Gasteiger charge is 2.12. The molecule has 0 saturated carbocycles. The minimum absolute atomic E-state index is 0.0143. The highest BCUT2D eigenvalue weighted by atomic mass is 79.9. The number of hydrogen-bond donors (Lipinski definition) is 1. The first-order valence-electron chi connectivity index (χ1n) is 5.04. The Balaban J connectivity index is 2.00. The Morgan fingerprint density at radius 1 is 1.35 bits per heavy atom. The fourth-order valence-corrected chi connectivity index (χ4v) is 4.23. The lowest BCUT2D eigenvalue weighted by molar-refractivity contribution is 0.852. The molecule has 0 spiro atoms. The van der Waals surface area contributed by atoms with Crippen molar-refractivity contribution in [3.05, 3.63) is 50.1 Å². The van der Waals surface area contributed by atoms with Gasteiger partial charge >= 0.3 is 0 Å². The molecule has 0 saturated heterocycles. The van der Waals surface area contributed by atoms with Crippen LogP contribution >= 0.6 is 50.6 Å². The lowest BCUT2D eigenvalue weighted by Crippen LogP contribution is -2.11. The molecule has 0 aliphatic carbocycles. The van der Waals surface area contributed by atoms with E-state index < -0.39 is 0 Å². The molecule has 1 aromatic carbocycles. The Hall–Kier alpha value is -0.0000000000000000555. The average molecular weight is 349 g/mol. The molecule has 1 nitrogen and oxygen atoms in total. The molecule has 1 heterocycles. The van der Waals surface area contributed by atoms with Gasteiger partial charge in [-0.25, -0.2) is 0 Å². The third-order valence-corrected chi connectivity index (χ3v) is 5.87. The van der Waals surface area contributed by atoms with Crippen LogP contribution in [0, 0.1) is 0 Å². The van der Waals surface area contributed by atoms with E-state index in [4.69, 9.17) is 17.3 Å². The first-order valence-corrected chi connectivity index (χ1v) is 8.08. The highest BCUT2D eigenvalue weighted by Crippen LogP contribution is 2.33. The zero-order valence-corrected chi connectivity index (χ0v) is 12.9. The maximum atomic E-state index is 6.13. The molecule has 90 valence electrons. The third kappa shape index (κ3) is 3.48. The smallest absolute Gasteiger partial charge is 0.0561 e. The van der Waals surface area contributed by atoms with Crippen molar-refractivity contribution in [2.45, 2.75) is 10.9 Å². The van der Waals surface area contributed by atoms with Gasteiger partial charge in [0.15, 0.2) is 0 Å². The molecule has 0 radical (unpaired) electrons. The van der Waals surface area contributed by atoms with E-state index in [1.807, 2.05) is 29.6 Å². The fraction of sp³-hybridized carbons (Fsp3) is 0.167. The van der Waals surface area contributed by atoms with Crippen LogP contribution in [0.3, 0.4) is 0 Å². The molecule has 0 aliphatic heterocycles. The molecule has 0 fully saturated rings. The van der Waals surface area contributed by atoms with Gasteiger partial charge in [0.1, 0.15) is 0 Å². The Kier molecular flexibility index (Phi) is 4.94. The van der Waals surface area contributed by atoms with Crippen molar-refractivity contribution < 1.29 is 0 Å². The van der Waals surface area contributed by atoms with Crippen LogP contribution in [0.1, 0.15) is 10.9 Å². The maximum Gasteiger partial charge on any atom is 0.0561 e. The van der Waals surface area contributed by atoms with Crippen molar-refractivity contribution in [3.63, 3.8) is 0 Å². The topological polar surface area (TPSA) is 26.0 Å². The molecule has 17 heavy (non-hydrogen) atoms. The Morgan fingerprint density at radius 3 is 2.76 bits per heavy atom. The summed E-state index contributed by atoms with van der Waals surface area (Å²) >= 11 is 12.9. The summed E-state index contributed by atoms with van der Waals surface area (Å²) in [7, 11) is 0. The summed E-state index contributed by atoms with van der Waals surface area (Å²) in [6, 6.07) is 10.0. The zero-order chi connectivity index (χ0) is 12.3. The van der Waals surface area contributed by atoms with E-state index in [1.54, 1.807) is 23.1 Å². The minimum Gasteiger partial charge on any atom is -0.323 e. The van der Waals surface area contributed by atoms with Gasteiger partial charge in [-0.05, 0) is 39.5 Å². The summed E-state index contributed by atoms with van der Waals surface area (Å²) in [4.78, 5) is 2.27. The first kappa shape index (κ1) is 13.4. The van der Waals surface area contributed by atoms with E-state index in [2.05, 4.69) is 22.0 Å². The van der Waals surface area contributed by atoms with Gasteiger partial charge in [-0.15, -0.1) is 23.1 Å². The van der Waals surface area contributed by atoms with Crippen LogP contribution in [-0.2, 0) is 0 Å². The van der Waals surface area contributed by atoms with Crippen molar-refractivity contribution >= 4 is 50.6 Å². The highest BCUT2D eigenvalue weighted by molar-refractivity contribution is 9.10. The monoisotopic (exact) mass is 347 g/mol. The van der Waals surface area contributed by atoms with Crippen LogP contribution in [0.25, 0.3) is 0 Å². The molecule has 1 unspecified atom stereocenters. The van der Waals surface area contributed by atoms with Gasteiger partial charge < -0.3 is 5.73 Å². The molecular formula is C12H11BrClNS2. The number of benzene rings is 1. The quantitative estimate of drug-likeness (QED) is 0.791. The number of hydrogen-bond acceptors (Lipinski definition) is 3. The minimum atomic E-state index is -0.0143. The molecule has 0 aliphatic rings. The number of halogens is 2. The normalized spacial score (nSPS) is 12.6. The van der Waals surface area contributed by atoms with Crippen LogP contribution in [0.15, 0.2) is 45.1 Å². The molecule has 5 heteroatoms. The van der Waals surface area contributed by atoms with Crippen LogP contribution in [0.4, 0.5) is 0 Å². The molecule has 0 amide bonds. The molecule has 2 rings (SSSR count). The Labute approximate surface area is 122 Å². The molecule has 1 aromatic heterocycles. The third-order valence-electron chi connectivity index (χ3n) is 2.24. The SMILES string of the molecule is NC(CSc1ccccc1Br)c1sccc1Cl. The van der Waals surface area contributed by atoms with E-state index in [9.17, 15) is 0 Å². The number of thioether (sulfide) groups is 1. The summed E-state index contributed by atoms with van der Waals surface area (Å²) in [5.41, 5.74) is 6.13. The predicted molar refractivity (Wildman–Crippen MR) is 81.1 cm³/mol. The summed E-state index contributed by atoms with van der Waals surface area (Å²) in [5, 5.41) is 2.75. The largest absolute Gasteiger partial charge is 0.323 e.